The predicted octanol–water partition coefficient (Wildman–Crippen LogP) is 2.51. The maximum absolute atomic E-state index is 5.62. The zero-order valence-electron chi connectivity index (χ0n) is 12.1. The van der Waals surface area contributed by atoms with E-state index in [9.17, 15) is 0 Å². The molecule has 2 unspecified atom stereocenters. The van der Waals surface area contributed by atoms with E-state index in [0.29, 0.717) is 25.4 Å². The lowest BCUT2D eigenvalue weighted by atomic mass is 9.92. The number of ether oxygens (including phenoxy) is 3. The normalized spacial score (nSPS) is 25.4. The second-order valence-electron chi connectivity index (χ2n) is 5.58. The van der Waals surface area contributed by atoms with Crippen molar-refractivity contribution in [2.75, 3.05) is 20.3 Å². The summed E-state index contributed by atoms with van der Waals surface area (Å²) in [5.74, 6) is 1.73. The molecular formula is C16H23NO3. The molecule has 4 heteroatoms. The van der Waals surface area contributed by atoms with Gasteiger partial charge < -0.3 is 19.5 Å². The van der Waals surface area contributed by atoms with Crippen LogP contribution in [0.5, 0.6) is 11.5 Å². The van der Waals surface area contributed by atoms with Crippen LogP contribution in [-0.4, -0.2) is 32.5 Å². The van der Waals surface area contributed by atoms with Gasteiger partial charge in [-0.05, 0) is 43.4 Å². The molecule has 110 valence electrons. The fraction of sp³-hybridized carbons (Fsp3) is 0.625. The highest BCUT2D eigenvalue weighted by Crippen LogP contribution is 2.30. The molecule has 0 spiro atoms. The summed E-state index contributed by atoms with van der Waals surface area (Å²) in [6.45, 7) is 2.16. The quantitative estimate of drug-likeness (QED) is 0.918. The third-order valence-corrected chi connectivity index (χ3v) is 4.16. The Hall–Kier alpha value is -1.26. The Labute approximate surface area is 120 Å². The molecule has 1 aliphatic heterocycles. The molecule has 1 fully saturated rings. The number of benzene rings is 1. The van der Waals surface area contributed by atoms with Crippen LogP contribution in [0.3, 0.4) is 0 Å². The van der Waals surface area contributed by atoms with E-state index in [0.717, 1.165) is 24.5 Å². The smallest absolute Gasteiger partial charge is 0.161 e. The molecule has 1 aromatic rings. The third-order valence-electron chi connectivity index (χ3n) is 4.16. The maximum Gasteiger partial charge on any atom is 0.161 e. The first-order valence-electron chi connectivity index (χ1n) is 7.50. The standard InChI is InChI=1S/C16H23NO3/c1-18-14-4-2-3-13(10-14)17-11-12-5-6-15-16(9-12)20-8-7-19-15/h5-6,9,13-14,17H,2-4,7-8,10-11H2,1H3. The summed E-state index contributed by atoms with van der Waals surface area (Å²) >= 11 is 0. The minimum absolute atomic E-state index is 0.418. The highest BCUT2D eigenvalue weighted by atomic mass is 16.6. The number of methoxy groups -OCH3 is 1. The Balaban J connectivity index is 1.55. The Bertz CT molecular complexity index is 449. The first kappa shape index (κ1) is 13.7. The fourth-order valence-corrected chi connectivity index (χ4v) is 3.00. The summed E-state index contributed by atoms with van der Waals surface area (Å²) in [6.07, 6.45) is 5.21. The molecule has 4 nitrogen and oxygen atoms in total. The lowest BCUT2D eigenvalue weighted by Gasteiger charge is -2.29. The summed E-state index contributed by atoms with van der Waals surface area (Å²) in [5.41, 5.74) is 1.24. The van der Waals surface area contributed by atoms with Crippen molar-refractivity contribution in [2.45, 2.75) is 44.4 Å². The zero-order valence-corrected chi connectivity index (χ0v) is 12.1. The van der Waals surface area contributed by atoms with Gasteiger partial charge in [0.15, 0.2) is 11.5 Å². The van der Waals surface area contributed by atoms with Gasteiger partial charge in [-0.15, -0.1) is 0 Å². The molecule has 1 saturated carbocycles. The van der Waals surface area contributed by atoms with Crippen LogP contribution in [0, 0.1) is 0 Å². The molecule has 0 radical (unpaired) electrons. The molecule has 1 N–H and O–H groups in total. The second kappa shape index (κ2) is 6.46. The van der Waals surface area contributed by atoms with Crippen LogP contribution >= 0.6 is 0 Å². The average Bonchev–Trinajstić information content (AvgIpc) is 2.53. The fourth-order valence-electron chi connectivity index (χ4n) is 3.00. The van der Waals surface area contributed by atoms with Gasteiger partial charge in [0, 0.05) is 19.7 Å². The molecular weight excluding hydrogens is 254 g/mol. The van der Waals surface area contributed by atoms with E-state index in [1.54, 1.807) is 0 Å². The van der Waals surface area contributed by atoms with Crippen molar-refractivity contribution >= 4 is 0 Å². The molecule has 0 aromatic heterocycles. The second-order valence-corrected chi connectivity index (χ2v) is 5.58. The van der Waals surface area contributed by atoms with Crippen molar-refractivity contribution in [2.24, 2.45) is 0 Å². The summed E-state index contributed by atoms with van der Waals surface area (Å²) < 4.78 is 16.6. The Morgan fingerprint density at radius 1 is 1.20 bits per heavy atom. The van der Waals surface area contributed by atoms with Gasteiger partial charge in [-0.25, -0.2) is 0 Å². The van der Waals surface area contributed by atoms with E-state index in [-0.39, 0.29) is 0 Å². The van der Waals surface area contributed by atoms with Crippen LogP contribution in [0.15, 0.2) is 18.2 Å². The van der Waals surface area contributed by atoms with Gasteiger partial charge >= 0.3 is 0 Å². The molecule has 2 aliphatic rings. The number of hydrogen-bond donors (Lipinski definition) is 1. The summed E-state index contributed by atoms with van der Waals surface area (Å²) in [7, 11) is 1.81. The first-order valence-corrected chi connectivity index (χ1v) is 7.50. The van der Waals surface area contributed by atoms with E-state index >= 15 is 0 Å². The number of fused-ring (bicyclic) bond motifs is 1. The van der Waals surface area contributed by atoms with Gasteiger partial charge in [0.2, 0.25) is 0 Å². The zero-order chi connectivity index (χ0) is 13.8. The molecule has 3 rings (SSSR count). The molecule has 1 aromatic carbocycles. The topological polar surface area (TPSA) is 39.7 Å². The van der Waals surface area contributed by atoms with Crippen LogP contribution in [0.4, 0.5) is 0 Å². The predicted molar refractivity (Wildman–Crippen MR) is 77.3 cm³/mol. The monoisotopic (exact) mass is 277 g/mol. The third kappa shape index (κ3) is 3.25. The number of hydrogen-bond acceptors (Lipinski definition) is 4. The van der Waals surface area contributed by atoms with Crippen molar-refractivity contribution < 1.29 is 14.2 Å². The SMILES string of the molecule is COC1CCCC(NCc2ccc3c(c2)OCCO3)C1. The summed E-state index contributed by atoms with van der Waals surface area (Å²) in [6, 6.07) is 6.75. The van der Waals surface area contributed by atoms with E-state index in [2.05, 4.69) is 17.4 Å². The van der Waals surface area contributed by atoms with Gasteiger partial charge in [-0.2, -0.15) is 0 Å². The number of nitrogens with one attached hydrogen (secondary N) is 1. The highest BCUT2D eigenvalue weighted by molar-refractivity contribution is 5.43. The van der Waals surface area contributed by atoms with Crippen LogP contribution in [0.2, 0.25) is 0 Å². The van der Waals surface area contributed by atoms with Crippen LogP contribution in [-0.2, 0) is 11.3 Å². The minimum Gasteiger partial charge on any atom is -0.486 e. The van der Waals surface area contributed by atoms with Crippen molar-refractivity contribution in [3.05, 3.63) is 23.8 Å². The van der Waals surface area contributed by atoms with Gasteiger partial charge in [-0.1, -0.05) is 6.07 Å². The Kier molecular flexibility index (Phi) is 4.43. The molecule has 20 heavy (non-hydrogen) atoms. The molecule has 1 heterocycles. The van der Waals surface area contributed by atoms with E-state index in [1.165, 1.54) is 24.8 Å². The van der Waals surface area contributed by atoms with Gasteiger partial charge in [0.25, 0.3) is 0 Å². The molecule has 1 aliphatic carbocycles. The minimum atomic E-state index is 0.418. The Morgan fingerprint density at radius 2 is 2.05 bits per heavy atom. The lowest BCUT2D eigenvalue weighted by molar-refractivity contribution is 0.0586. The van der Waals surface area contributed by atoms with Gasteiger partial charge in [0.05, 0.1) is 6.10 Å². The van der Waals surface area contributed by atoms with E-state index in [1.807, 2.05) is 13.2 Å². The number of rotatable bonds is 4. The van der Waals surface area contributed by atoms with Crippen LogP contribution in [0.25, 0.3) is 0 Å². The summed E-state index contributed by atoms with van der Waals surface area (Å²) in [5, 5.41) is 3.63. The average molecular weight is 277 g/mol. The molecule has 2 atom stereocenters. The molecule has 0 amide bonds. The van der Waals surface area contributed by atoms with Gasteiger partial charge in [0.1, 0.15) is 13.2 Å². The van der Waals surface area contributed by atoms with Crippen molar-refractivity contribution in [3.8, 4) is 11.5 Å². The molecule has 0 bridgehead atoms. The lowest BCUT2D eigenvalue weighted by Crippen LogP contribution is -2.36. The van der Waals surface area contributed by atoms with E-state index < -0.39 is 0 Å². The largest absolute Gasteiger partial charge is 0.486 e. The Morgan fingerprint density at radius 3 is 2.90 bits per heavy atom. The van der Waals surface area contributed by atoms with Crippen molar-refractivity contribution in [1.82, 2.24) is 5.32 Å². The first-order chi connectivity index (χ1) is 9.85. The van der Waals surface area contributed by atoms with Crippen molar-refractivity contribution in [1.29, 1.82) is 0 Å². The van der Waals surface area contributed by atoms with Crippen LogP contribution < -0.4 is 14.8 Å². The van der Waals surface area contributed by atoms with E-state index in [4.69, 9.17) is 14.2 Å². The highest BCUT2D eigenvalue weighted by Gasteiger charge is 2.21. The molecule has 0 saturated heterocycles. The summed E-state index contributed by atoms with van der Waals surface area (Å²) in [4.78, 5) is 0. The van der Waals surface area contributed by atoms with Gasteiger partial charge in [-0.3, -0.25) is 0 Å². The van der Waals surface area contributed by atoms with Crippen LogP contribution in [0.1, 0.15) is 31.2 Å². The maximum atomic E-state index is 5.62. The van der Waals surface area contributed by atoms with Crippen molar-refractivity contribution in [3.63, 3.8) is 0 Å².